The predicted molar refractivity (Wildman–Crippen MR) is 116 cm³/mol. The van der Waals surface area contributed by atoms with Crippen molar-refractivity contribution in [2.24, 2.45) is 0 Å². The van der Waals surface area contributed by atoms with Gasteiger partial charge >= 0.3 is 0 Å². The standard InChI is InChI=1S/C22H21FN2O3S2/c1-14-13-18(7-8-20(14)23)30(27,28)24-17-5-3-16(4-6-17)22(26)25-11-9-21-19(15(25)2)10-12-29-21/h3-8,10,12-13,15,24H,9,11H2,1-2H3/t15-/m1/s1. The molecule has 1 N–H and O–H groups in total. The lowest BCUT2D eigenvalue weighted by Crippen LogP contribution is -2.38. The van der Waals surface area contributed by atoms with E-state index in [1.165, 1.54) is 29.5 Å². The first kappa shape index (κ1) is 20.6. The normalized spacial score (nSPS) is 16.2. The van der Waals surface area contributed by atoms with Gasteiger partial charge < -0.3 is 4.90 Å². The van der Waals surface area contributed by atoms with Gasteiger partial charge in [0.1, 0.15) is 5.82 Å². The number of nitrogens with zero attached hydrogens (tertiary/aromatic N) is 1. The van der Waals surface area contributed by atoms with Gasteiger partial charge in [-0.1, -0.05) is 0 Å². The minimum atomic E-state index is -3.85. The van der Waals surface area contributed by atoms with Gasteiger partial charge in [-0.15, -0.1) is 11.3 Å². The van der Waals surface area contributed by atoms with E-state index in [1.807, 2.05) is 11.8 Å². The molecule has 1 aliphatic rings. The number of aryl methyl sites for hydroxylation is 1. The van der Waals surface area contributed by atoms with Crippen LogP contribution >= 0.6 is 11.3 Å². The van der Waals surface area contributed by atoms with Crippen LogP contribution in [0, 0.1) is 12.7 Å². The molecule has 1 aromatic heterocycles. The molecule has 2 heterocycles. The Morgan fingerprint density at radius 3 is 2.60 bits per heavy atom. The Morgan fingerprint density at radius 2 is 1.90 bits per heavy atom. The summed E-state index contributed by atoms with van der Waals surface area (Å²) in [4.78, 5) is 16.1. The van der Waals surface area contributed by atoms with Gasteiger partial charge in [-0.2, -0.15) is 0 Å². The van der Waals surface area contributed by atoms with E-state index in [9.17, 15) is 17.6 Å². The molecular formula is C22H21FN2O3S2. The average Bonchev–Trinajstić information content (AvgIpc) is 3.20. The number of thiophene rings is 1. The van der Waals surface area contributed by atoms with Crippen molar-refractivity contribution >= 4 is 33.0 Å². The van der Waals surface area contributed by atoms with E-state index in [0.29, 0.717) is 17.8 Å². The summed E-state index contributed by atoms with van der Waals surface area (Å²) in [5, 5.41) is 2.05. The first-order valence-electron chi connectivity index (χ1n) is 9.52. The first-order valence-corrected chi connectivity index (χ1v) is 11.9. The predicted octanol–water partition coefficient (Wildman–Crippen LogP) is 4.76. The summed E-state index contributed by atoms with van der Waals surface area (Å²) < 4.78 is 41.0. The molecule has 0 aliphatic carbocycles. The number of fused-ring (bicyclic) bond motifs is 1. The molecule has 0 unspecified atom stereocenters. The molecule has 1 amide bonds. The maximum absolute atomic E-state index is 13.4. The molecule has 4 rings (SSSR count). The highest BCUT2D eigenvalue weighted by Crippen LogP contribution is 2.33. The molecule has 1 aliphatic heterocycles. The first-order chi connectivity index (χ1) is 14.3. The van der Waals surface area contributed by atoms with E-state index in [2.05, 4.69) is 16.2 Å². The summed E-state index contributed by atoms with van der Waals surface area (Å²) in [6, 6.07) is 12.1. The maximum atomic E-state index is 13.4. The topological polar surface area (TPSA) is 66.5 Å². The Labute approximate surface area is 179 Å². The molecule has 0 bridgehead atoms. The Kier molecular flexibility index (Phi) is 5.38. The molecule has 5 nitrogen and oxygen atoms in total. The van der Waals surface area contributed by atoms with Crippen molar-refractivity contribution < 1.29 is 17.6 Å². The van der Waals surface area contributed by atoms with Gasteiger partial charge in [0.25, 0.3) is 15.9 Å². The second kappa shape index (κ2) is 7.85. The number of carbonyl (C=O) groups is 1. The molecule has 2 aromatic carbocycles. The second-order valence-corrected chi connectivity index (χ2v) is 10.0. The number of sulfonamides is 1. The fourth-order valence-corrected chi connectivity index (χ4v) is 5.74. The lowest BCUT2D eigenvalue weighted by atomic mass is 10.0. The highest BCUT2D eigenvalue weighted by Gasteiger charge is 2.29. The number of nitrogens with one attached hydrogen (secondary N) is 1. The highest BCUT2D eigenvalue weighted by atomic mass is 32.2. The van der Waals surface area contributed by atoms with Gasteiger partial charge in [0.2, 0.25) is 0 Å². The number of carbonyl (C=O) groups excluding carboxylic acids is 1. The summed E-state index contributed by atoms with van der Waals surface area (Å²) in [6.07, 6.45) is 0.845. The number of benzene rings is 2. The van der Waals surface area contributed by atoms with Crippen LogP contribution < -0.4 is 4.72 Å². The summed E-state index contributed by atoms with van der Waals surface area (Å²) in [7, 11) is -3.85. The fraction of sp³-hybridized carbons (Fsp3) is 0.227. The maximum Gasteiger partial charge on any atom is 0.261 e. The number of hydrogen-bond donors (Lipinski definition) is 1. The van der Waals surface area contributed by atoms with Crippen LogP contribution in [0.5, 0.6) is 0 Å². The molecule has 30 heavy (non-hydrogen) atoms. The van der Waals surface area contributed by atoms with Crippen molar-refractivity contribution in [3.05, 3.63) is 81.3 Å². The molecular weight excluding hydrogens is 423 g/mol. The minimum absolute atomic E-state index is 0.00685. The van der Waals surface area contributed by atoms with Gasteiger partial charge in [0.15, 0.2) is 0 Å². The Bertz CT molecular complexity index is 1200. The van der Waals surface area contributed by atoms with Crippen LogP contribution in [0.4, 0.5) is 10.1 Å². The van der Waals surface area contributed by atoms with E-state index in [4.69, 9.17) is 0 Å². The third-order valence-electron chi connectivity index (χ3n) is 5.36. The van der Waals surface area contributed by atoms with Crippen molar-refractivity contribution in [3.8, 4) is 0 Å². The number of rotatable bonds is 4. The number of halogens is 1. The van der Waals surface area contributed by atoms with Crippen LogP contribution in [-0.4, -0.2) is 25.8 Å². The molecule has 0 saturated carbocycles. The molecule has 0 fully saturated rings. The Hall–Kier alpha value is -2.71. The quantitative estimate of drug-likeness (QED) is 0.631. The third kappa shape index (κ3) is 3.85. The van der Waals surface area contributed by atoms with E-state index >= 15 is 0 Å². The molecule has 0 spiro atoms. The number of hydrogen-bond acceptors (Lipinski definition) is 4. The second-order valence-electron chi connectivity index (χ2n) is 7.32. The van der Waals surface area contributed by atoms with E-state index in [0.717, 1.165) is 12.5 Å². The zero-order chi connectivity index (χ0) is 21.5. The van der Waals surface area contributed by atoms with Gasteiger partial charge in [-0.05, 0) is 85.3 Å². The molecule has 8 heteroatoms. The summed E-state index contributed by atoms with van der Waals surface area (Å²) in [5.41, 5.74) is 2.28. The fourth-order valence-electron chi connectivity index (χ4n) is 3.63. The lowest BCUT2D eigenvalue weighted by molar-refractivity contribution is 0.0679. The van der Waals surface area contributed by atoms with Gasteiger partial charge in [0, 0.05) is 22.7 Å². The third-order valence-corrected chi connectivity index (χ3v) is 7.74. The van der Waals surface area contributed by atoms with E-state index in [1.54, 1.807) is 35.6 Å². The number of amides is 1. The van der Waals surface area contributed by atoms with Crippen LogP contribution in [0.25, 0.3) is 0 Å². The molecule has 0 saturated heterocycles. The van der Waals surface area contributed by atoms with Crippen LogP contribution in [-0.2, 0) is 16.4 Å². The van der Waals surface area contributed by atoms with Crippen LogP contribution in [0.2, 0.25) is 0 Å². The van der Waals surface area contributed by atoms with Crippen molar-refractivity contribution in [1.82, 2.24) is 4.90 Å². The van der Waals surface area contributed by atoms with Gasteiger partial charge in [0.05, 0.1) is 10.9 Å². The average molecular weight is 445 g/mol. The van der Waals surface area contributed by atoms with Gasteiger partial charge in [-0.3, -0.25) is 9.52 Å². The van der Waals surface area contributed by atoms with Crippen molar-refractivity contribution in [2.45, 2.75) is 31.2 Å². The Balaban J connectivity index is 1.50. The number of anilines is 1. The SMILES string of the molecule is Cc1cc(S(=O)(=O)Nc2ccc(C(=O)N3CCc4sccc4[C@H]3C)cc2)ccc1F. The zero-order valence-electron chi connectivity index (χ0n) is 16.6. The lowest BCUT2D eigenvalue weighted by Gasteiger charge is -2.33. The van der Waals surface area contributed by atoms with Crippen LogP contribution in [0.1, 0.15) is 39.3 Å². The van der Waals surface area contributed by atoms with Crippen LogP contribution in [0.15, 0.2) is 58.8 Å². The molecule has 3 aromatic rings. The summed E-state index contributed by atoms with van der Waals surface area (Å²) in [5.74, 6) is -0.541. The van der Waals surface area contributed by atoms with Crippen molar-refractivity contribution in [3.63, 3.8) is 0 Å². The zero-order valence-corrected chi connectivity index (χ0v) is 18.2. The van der Waals surface area contributed by atoms with Gasteiger partial charge in [-0.25, -0.2) is 12.8 Å². The summed E-state index contributed by atoms with van der Waals surface area (Å²) in [6.45, 7) is 4.19. The monoisotopic (exact) mass is 444 g/mol. The molecule has 0 radical (unpaired) electrons. The molecule has 156 valence electrons. The van der Waals surface area contributed by atoms with E-state index < -0.39 is 15.8 Å². The molecule has 1 atom stereocenters. The van der Waals surface area contributed by atoms with Crippen molar-refractivity contribution in [2.75, 3.05) is 11.3 Å². The largest absolute Gasteiger partial charge is 0.331 e. The highest BCUT2D eigenvalue weighted by molar-refractivity contribution is 7.92. The summed E-state index contributed by atoms with van der Waals surface area (Å²) >= 11 is 1.72. The van der Waals surface area contributed by atoms with Crippen molar-refractivity contribution in [1.29, 1.82) is 0 Å². The van der Waals surface area contributed by atoms with Crippen LogP contribution in [0.3, 0.4) is 0 Å². The smallest absolute Gasteiger partial charge is 0.261 e. The Morgan fingerprint density at radius 1 is 1.17 bits per heavy atom. The van der Waals surface area contributed by atoms with E-state index in [-0.39, 0.29) is 22.4 Å². The minimum Gasteiger partial charge on any atom is -0.331 e.